The van der Waals surface area contributed by atoms with Crippen molar-refractivity contribution in [3.63, 3.8) is 0 Å². The highest BCUT2D eigenvalue weighted by molar-refractivity contribution is 6.06. The second kappa shape index (κ2) is 5.33. The first kappa shape index (κ1) is 13.8. The molecule has 0 spiro atoms. The molecule has 1 aliphatic rings. The minimum absolute atomic E-state index is 0.0575. The minimum Gasteiger partial charge on any atom is -0.333 e. The van der Waals surface area contributed by atoms with Crippen LogP contribution in [-0.2, 0) is 0 Å². The van der Waals surface area contributed by atoms with E-state index < -0.39 is 0 Å². The molecule has 2 heterocycles. The third-order valence-corrected chi connectivity index (χ3v) is 4.07. The van der Waals surface area contributed by atoms with Gasteiger partial charge in [-0.05, 0) is 20.0 Å². The maximum Gasteiger partial charge on any atom is 0.255 e. The van der Waals surface area contributed by atoms with Gasteiger partial charge in [-0.1, -0.05) is 18.2 Å². The first-order chi connectivity index (χ1) is 10.1. The van der Waals surface area contributed by atoms with Crippen LogP contribution in [0.2, 0.25) is 0 Å². The Kier molecular flexibility index (Phi) is 3.51. The largest absolute Gasteiger partial charge is 0.333 e. The number of carbonyl (C=O) groups excluding carboxylic acids is 1. The van der Waals surface area contributed by atoms with Gasteiger partial charge in [-0.2, -0.15) is 0 Å². The van der Waals surface area contributed by atoms with Crippen LogP contribution in [0.3, 0.4) is 0 Å². The molecule has 1 atom stereocenters. The zero-order chi connectivity index (χ0) is 15.0. The molecular weight excluding hydrogens is 266 g/mol. The Morgan fingerprint density at radius 2 is 2.05 bits per heavy atom. The number of amides is 1. The van der Waals surface area contributed by atoms with Crippen molar-refractivity contribution >= 4 is 16.8 Å². The third-order valence-electron chi connectivity index (χ3n) is 4.07. The highest BCUT2D eigenvalue weighted by atomic mass is 16.2. The van der Waals surface area contributed by atoms with Crippen molar-refractivity contribution in [2.24, 2.45) is 0 Å². The second-order valence-corrected chi connectivity index (χ2v) is 5.70. The molecule has 5 nitrogen and oxygen atoms in total. The van der Waals surface area contributed by atoms with E-state index in [1.165, 1.54) is 6.07 Å². The zero-order valence-electron chi connectivity index (χ0n) is 12.3. The molecule has 1 aromatic heterocycles. The lowest BCUT2D eigenvalue weighted by molar-refractivity contribution is 0.0535. The Morgan fingerprint density at radius 3 is 2.81 bits per heavy atom. The van der Waals surface area contributed by atoms with Crippen LogP contribution in [-0.4, -0.2) is 53.4 Å². The molecule has 1 aliphatic heterocycles. The third kappa shape index (κ3) is 2.56. The fourth-order valence-corrected chi connectivity index (χ4v) is 2.98. The summed E-state index contributed by atoms with van der Waals surface area (Å²) in [5.41, 5.74) is 0.958. The van der Waals surface area contributed by atoms with E-state index in [4.69, 9.17) is 0 Å². The van der Waals surface area contributed by atoms with Gasteiger partial charge in [0.1, 0.15) is 0 Å². The first-order valence-electron chi connectivity index (χ1n) is 7.18. The lowest BCUT2D eigenvalue weighted by Gasteiger charge is -2.38. The molecule has 21 heavy (non-hydrogen) atoms. The number of fused-ring (bicyclic) bond motifs is 1. The van der Waals surface area contributed by atoms with E-state index >= 15 is 0 Å². The molecule has 0 aliphatic carbocycles. The summed E-state index contributed by atoms with van der Waals surface area (Å²) in [5, 5.41) is 0.799. The van der Waals surface area contributed by atoms with E-state index in [1.54, 1.807) is 0 Å². The summed E-state index contributed by atoms with van der Waals surface area (Å²) < 4.78 is 0. The molecule has 1 saturated heterocycles. The molecule has 1 unspecified atom stereocenters. The predicted molar refractivity (Wildman–Crippen MR) is 82.6 cm³/mol. The lowest BCUT2D eigenvalue weighted by atomic mass is 10.1. The first-order valence-corrected chi connectivity index (χ1v) is 7.18. The maximum atomic E-state index is 12.8. The van der Waals surface area contributed by atoms with Gasteiger partial charge >= 0.3 is 0 Å². The topological polar surface area (TPSA) is 56.4 Å². The Labute approximate surface area is 123 Å². The fraction of sp³-hybridized carbons (Fsp3) is 0.375. The number of aromatic nitrogens is 1. The predicted octanol–water partition coefficient (Wildman–Crippen LogP) is 1.30. The van der Waals surface area contributed by atoms with Gasteiger partial charge in [0.05, 0.1) is 5.56 Å². The average molecular weight is 285 g/mol. The normalized spacial score (nSPS) is 19.9. The molecule has 0 radical (unpaired) electrons. The Hall–Kier alpha value is -2.14. The van der Waals surface area contributed by atoms with Crippen LogP contribution >= 0.6 is 0 Å². The molecular formula is C16H19N3O2. The van der Waals surface area contributed by atoms with E-state index in [-0.39, 0.29) is 17.5 Å². The van der Waals surface area contributed by atoms with Crippen LogP contribution in [0.5, 0.6) is 0 Å². The number of carbonyl (C=O) groups is 1. The Balaban J connectivity index is 2.04. The van der Waals surface area contributed by atoms with Crippen LogP contribution in [0.25, 0.3) is 10.9 Å². The number of pyridine rings is 1. The van der Waals surface area contributed by atoms with Crippen molar-refractivity contribution in [2.45, 2.75) is 13.0 Å². The molecule has 1 aromatic carbocycles. The summed E-state index contributed by atoms with van der Waals surface area (Å²) in [4.78, 5) is 31.5. The second-order valence-electron chi connectivity index (χ2n) is 5.70. The molecule has 1 amide bonds. The lowest BCUT2D eigenvalue weighted by Crippen LogP contribution is -2.52. The van der Waals surface area contributed by atoms with E-state index in [0.717, 1.165) is 18.5 Å². The van der Waals surface area contributed by atoms with Crippen LogP contribution in [0.15, 0.2) is 35.1 Å². The Bertz CT molecular complexity index is 738. The van der Waals surface area contributed by atoms with E-state index in [9.17, 15) is 9.59 Å². The van der Waals surface area contributed by atoms with Gasteiger partial charge in [0.15, 0.2) is 0 Å². The number of benzene rings is 1. The van der Waals surface area contributed by atoms with Gasteiger partial charge in [0.25, 0.3) is 5.91 Å². The highest BCUT2D eigenvalue weighted by Gasteiger charge is 2.27. The molecule has 1 fully saturated rings. The monoisotopic (exact) mass is 285 g/mol. The van der Waals surface area contributed by atoms with Crippen molar-refractivity contribution in [1.29, 1.82) is 0 Å². The van der Waals surface area contributed by atoms with E-state index in [2.05, 4.69) is 16.9 Å². The molecule has 5 heteroatoms. The quantitative estimate of drug-likeness (QED) is 0.859. The van der Waals surface area contributed by atoms with Crippen LogP contribution in [0, 0.1) is 0 Å². The molecule has 0 bridgehead atoms. The van der Waals surface area contributed by atoms with Crippen molar-refractivity contribution < 1.29 is 4.79 Å². The molecule has 110 valence electrons. The van der Waals surface area contributed by atoms with Crippen LogP contribution < -0.4 is 5.56 Å². The summed E-state index contributed by atoms with van der Waals surface area (Å²) in [6.07, 6.45) is 0. The number of H-pyrrole nitrogens is 1. The van der Waals surface area contributed by atoms with Gasteiger partial charge in [0.2, 0.25) is 5.56 Å². The number of para-hydroxylation sites is 1. The molecule has 1 N–H and O–H groups in total. The van der Waals surface area contributed by atoms with Gasteiger partial charge in [-0.25, -0.2) is 0 Å². The Morgan fingerprint density at radius 1 is 1.29 bits per heavy atom. The number of likely N-dealkylation sites (N-methyl/N-ethyl adjacent to an activating group) is 1. The number of hydrogen-bond donors (Lipinski definition) is 1. The molecule has 3 rings (SSSR count). The number of aromatic amines is 1. The number of rotatable bonds is 1. The van der Waals surface area contributed by atoms with Crippen molar-refractivity contribution in [1.82, 2.24) is 14.8 Å². The van der Waals surface area contributed by atoms with Crippen molar-refractivity contribution in [2.75, 3.05) is 26.7 Å². The maximum absolute atomic E-state index is 12.8. The molecule has 0 saturated carbocycles. The zero-order valence-corrected chi connectivity index (χ0v) is 12.3. The highest BCUT2D eigenvalue weighted by Crippen LogP contribution is 2.19. The number of nitrogens with one attached hydrogen (secondary N) is 1. The summed E-state index contributed by atoms with van der Waals surface area (Å²) in [6, 6.07) is 8.99. The smallest absolute Gasteiger partial charge is 0.255 e. The van der Waals surface area contributed by atoms with Crippen LogP contribution in [0.4, 0.5) is 0 Å². The van der Waals surface area contributed by atoms with E-state index in [1.807, 2.05) is 36.1 Å². The van der Waals surface area contributed by atoms with Gasteiger partial charge in [-0.3, -0.25) is 9.59 Å². The summed E-state index contributed by atoms with van der Waals surface area (Å²) in [7, 11) is 2.06. The minimum atomic E-state index is -0.237. The van der Waals surface area contributed by atoms with Gasteiger partial charge in [-0.15, -0.1) is 0 Å². The van der Waals surface area contributed by atoms with E-state index in [0.29, 0.717) is 17.6 Å². The van der Waals surface area contributed by atoms with Crippen molar-refractivity contribution in [3.8, 4) is 0 Å². The van der Waals surface area contributed by atoms with Crippen molar-refractivity contribution in [3.05, 3.63) is 46.2 Å². The van der Waals surface area contributed by atoms with Gasteiger partial charge < -0.3 is 14.8 Å². The average Bonchev–Trinajstić information content (AvgIpc) is 2.45. The fourth-order valence-electron chi connectivity index (χ4n) is 2.98. The molecule has 2 aromatic rings. The standard InChI is InChI=1S/C16H19N3O2/c1-11-10-18(2)7-8-19(11)16(21)13-9-15(20)17-14-6-4-3-5-12(13)14/h3-6,9,11H,7-8,10H2,1-2H3,(H,17,20). The number of piperazine rings is 1. The SMILES string of the molecule is CC1CN(C)CCN1C(=O)c1cc(=O)[nH]c2ccccc12. The summed E-state index contributed by atoms with van der Waals surface area (Å²) in [5.74, 6) is -0.0575. The number of hydrogen-bond acceptors (Lipinski definition) is 3. The summed E-state index contributed by atoms with van der Waals surface area (Å²) >= 11 is 0. The number of nitrogens with zero attached hydrogens (tertiary/aromatic N) is 2. The van der Waals surface area contributed by atoms with Crippen LogP contribution in [0.1, 0.15) is 17.3 Å². The van der Waals surface area contributed by atoms with Gasteiger partial charge in [0, 0.05) is 42.6 Å². The summed E-state index contributed by atoms with van der Waals surface area (Å²) in [6.45, 7) is 4.45.